The van der Waals surface area contributed by atoms with Gasteiger partial charge in [0.2, 0.25) is 0 Å². The number of nitriles is 1. The fourth-order valence-electron chi connectivity index (χ4n) is 3.54. The van der Waals surface area contributed by atoms with Gasteiger partial charge >= 0.3 is 0 Å². The van der Waals surface area contributed by atoms with Crippen LogP contribution in [-0.4, -0.2) is 25.0 Å². The molecule has 0 aliphatic heterocycles. The van der Waals surface area contributed by atoms with Crippen LogP contribution in [0, 0.1) is 11.3 Å². The van der Waals surface area contributed by atoms with Crippen LogP contribution in [0.3, 0.4) is 0 Å². The molecule has 0 bridgehead atoms. The molecule has 4 aromatic rings. The Bertz CT molecular complexity index is 1250. The molecule has 154 valence electrons. The maximum atomic E-state index is 13.7. The number of hydrogen-bond donors (Lipinski definition) is 2. The Kier molecular flexibility index (Phi) is 5.59. The van der Waals surface area contributed by atoms with Gasteiger partial charge in [0.05, 0.1) is 25.9 Å². The van der Waals surface area contributed by atoms with Crippen LogP contribution in [0.25, 0.3) is 10.9 Å². The van der Waals surface area contributed by atoms with E-state index in [0.29, 0.717) is 28.3 Å². The van der Waals surface area contributed by atoms with Crippen LogP contribution in [0.1, 0.15) is 27.5 Å². The standard InChI is InChI=1S/C25H21N3O3/c1-30-19-11-18(12-20(13-19)31-2)28-24(17-9-7-16(14-26)8-10-17)25(29)22-15-27-23-6-4-3-5-21(22)23/h3-13,15,24,27-28H,1-2H3. The maximum absolute atomic E-state index is 13.7. The zero-order valence-corrected chi connectivity index (χ0v) is 17.2. The third-order valence-corrected chi connectivity index (χ3v) is 5.15. The van der Waals surface area contributed by atoms with Crippen molar-refractivity contribution in [3.05, 3.63) is 89.6 Å². The Morgan fingerprint density at radius 3 is 2.32 bits per heavy atom. The number of rotatable bonds is 7. The first-order chi connectivity index (χ1) is 15.1. The summed E-state index contributed by atoms with van der Waals surface area (Å²) in [5.74, 6) is 1.13. The highest BCUT2D eigenvalue weighted by Gasteiger charge is 2.25. The molecular formula is C25H21N3O3. The Labute approximate surface area is 180 Å². The van der Waals surface area contributed by atoms with Crippen molar-refractivity contribution >= 4 is 22.4 Å². The van der Waals surface area contributed by atoms with E-state index in [4.69, 9.17) is 14.7 Å². The van der Waals surface area contributed by atoms with Crippen LogP contribution in [0.4, 0.5) is 5.69 Å². The average molecular weight is 411 g/mol. The zero-order valence-electron chi connectivity index (χ0n) is 17.2. The molecule has 2 N–H and O–H groups in total. The van der Waals surface area contributed by atoms with Gasteiger partial charge < -0.3 is 19.8 Å². The normalized spacial score (nSPS) is 11.5. The predicted octanol–water partition coefficient (Wildman–Crippen LogP) is 5.09. The van der Waals surface area contributed by atoms with Crippen molar-refractivity contribution in [1.82, 2.24) is 4.98 Å². The Morgan fingerprint density at radius 1 is 1.00 bits per heavy atom. The first-order valence-electron chi connectivity index (χ1n) is 9.73. The van der Waals surface area contributed by atoms with Crippen molar-refractivity contribution in [3.63, 3.8) is 0 Å². The number of nitrogens with one attached hydrogen (secondary N) is 2. The summed E-state index contributed by atoms with van der Waals surface area (Å²) in [6.07, 6.45) is 1.73. The SMILES string of the molecule is COc1cc(NC(C(=O)c2c[nH]c3ccccc23)c2ccc(C#N)cc2)cc(OC)c1. The molecule has 3 aromatic carbocycles. The molecule has 31 heavy (non-hydrogen) atoms. The van der Waals surface area contributed by atoms with Gasteiger partial charge in [0.1, 0.15) is 17.5 Å². The van der Waals surface area contributed by atoms with Crippen LogP contribution in [0.15, 0.2) is 72.9 Å². The van der Waals surface area contributed by atoms with Gasteiger partial charge in [0.25, 0.3) is 0 Å². The molecule has 4 rings (SSSR count). The summed E-state index contributed by atoms with van der Waals surface area (Å²) >= 11 is 0. The summed E-state index contributed by atoms with van der Waals surface area (Å²) in [6.45, 7) is 0. The zero-order chi connectivity index (χ0) is 21.8. The number of hydrogen-bond acceptors (Lipinski definition) is 5. The number of nitrogens with zero attached hydrogens (tertiary/aromatic N) is 1. The van der Waals surface area contributed by atoms with Crippen molar-refractivity contribution in [2.75, 3.05) is 19.5 Å². The van der Waals surface area contributed by atoms with Gasteiger partial charge in [-0.05, 0) is 23.8 Å². The fourth-order valence-corrected chi connectivity index (χ4v) is 3.54. The monoisotopic (exact) mass is 411 g/mol. The first-order valence-corrected chi connectivity index (χ1v) is 9.73. The summed E-state index contributed by atoms with van der Waals surface area (Å²) in [5.41, 5.74) is 3.44. The highest BCUT2D eigenvalue weighted by atomic mass is 16.5. The van der Waals surface area contributed by atoms with E-state index in [1.165, 1.54) is 0 Å². The summed E-state index contributed by atoms with van der Waals surface area (Å²) in [6, 6.07) is 21.5. The van der Waals surface area contributed by atoms with Crippen LogP contribution in [-0.2, 0) is 0 Å². The molecule has 0 spiro atoms. The minimum Gasteiger partial charge on any atom is -0.497 e. The number of methoxy groups -OCH3 is 2. The number of benzene rings is 3. The topological polar surface area (TPSA) is 87.1 Å². The lowest BCUT2D eigenvalue weighted by atomic mass is 9.96. The summed E-state index contributed by atoms with van der Waals surface area (Å²) in [4.78, 5) is 16.8. The third-order valence-electron chi connectivity index (χ3n) is 5.15. The number of fused-ring (bicyclic) bond motifs is 1. The van der Waals surface area contributed by atoms with E-state index in [2.05, 4.69) is 16.4 Å². The van der Waals surface area contributed by atoms with Crippen LogP contribution < -0.4 is 14.8 Å². The molecule has 0 saturated carbocycles. The van der Waals surface area contributed by atoms with Gasteiger partial charge in [-0.15, -0.1) is 0 Å². The number of carbonyl (C=O) groups is 1. The largest absolute Gasteiger partial charge is 0.497 e. The van der Waals surface area contributed by atoms with Crippen LogP contribution >= 0.6 is 0 Å². The van der Waals surface area contributed by atoms with Crippen molar-refractivity contribution < 1.29 is 14.3 Å². The maximum Gasteiger partial charge on any atom is 0.191 e. The van der Waals surface area contributed by atoms with E-state index >= 15 is 0 Å². The number of ether oxygens (including phenoxy) is 2. The lowest BCUT2D eigenvalue weighted by Crippen LogP contribution is -2.21. The molecule has 0 amide bonds. The van der Waals surface area contributed by atoms with E-state index in [1.807, 2.05) is 36.4 Å². The fraction of sp³-hybridized carbons (Fsp3) is 0.120. The van der Waals surface area contributed by atoms with Crippen molar-refractivity contribution in [2.45, 2.75) is 6.04 Å². The van der Waals surface area contributed by atoms with Crippen molar-refractivity contribution in [1.29, 1.82) is 5.26 Å². The van der Waals surface area contributed by atoms with Crippen LogP contribution in [0.5, 0.6) is 11.5 Å². The Balaban J connectivity index is 1.78. The molecule has 1 atom stereocenters. The van der Waals surface area contributed by atoms with E-state index in [9.17, 15) is 4.79 Å². The number of Topliss-reactive ketones (excluding diaryl/α,β-unsaturated/α-hetero) is 1. The Morgan fingerprint density at radius 2 is 1.68 bits per heavy atom. The lowest BCUT2D eigenvalue weighted by molar-refractivity contribution is 0.0971. The number of H-pyrrole nitrogens is 1. The number of anilines is 1. The van der Waals surface area contributed by atoms with Crippen molar-refractivity contribution in [2.24, 2.45) is 0 Å². The molecule has 0 radical (unpaired) electrons. The van der Waals surface area contributed by atoms with Crippen molar-refractivity contribution in [3.8, 4) is 17.6 Å². The minimum absolute atomic E-state index is 0.0936. The van der Waals surface area contributed by atoms with Gasteiger partial charge in [-0.25, -0.2) is 0 Å². The smallest absolute Gasteiger partial charge is 0.191 e. The van der Waals surface area contributed by atoms with Gasteiger partial charge in [-0.3, -0.25) is 4.79 Å². The van der Waals surface area contributed by atoms with Gasteiger partial charge in [-0.1, -0.05) is 30.3 Å². The second-order valence-electron chi connectivity index (χ2n) is 7.02. The summed E-state index contributed by atoms with van der Waals surface area (Å²) in [7, 11) is 3.15. The average Bonchev–Trinajstić information content (AvgIpc) is 3.26. The van der Waals surface area contributed by atoms with E-state index in [1.54, 1.807) is 50.7 Å². The number of aromatic amines is 1. The predicted molar refractivity (Wildman–Crippen MR) is 120 cm³/mol. The molecule has 6 heteroatoms. The molecule has 1 unspecified atom stereocenters. The summed E-state index contributed by atoms with van der Waals surface area (Å²) < 4.78 is 10.7. The highest BCUT2D eigenvalue weighted by Crippen LogP contribution is 2.31. The van der Waals surface area contributed by atoms with Gasteiger partial charge in [0, 0.05) is 46.5 Å². The molecule has 0 aliphatic carbocycles. The molecule has 1 heterocycles. The quantitative estimate of drug-likeness (QED) is 0.414. The van der Waals surface area contributed by atoms with Gasteiger partial charge in [-0.2, -0.15) is 5.26 Å². The number of carbonyl (C=O) groups excluding carboxylic acids is 1. The molecule has 0 saturated heterocycles. The second-order valence-corrected chi connectivity index (χ2v) is 7.02. The number of aromatic nitrogens is 1. The molecule has 6 nitrogen and oxygen atoms in total. The molecule has 0 aliphatic rings. The summed E-state index contributed by atoms with van der Waals surface area (Å²) in [5, 5.41) is 13.3. The van der Waals surface area contributed by atoms with E-state index in [0.717, 1.165) is 16.5 Å². The van der Waals surface area contributed by atoms with Crippen LogP contribution in [0.2, 0.25) is 0 Å². The van der Waals surface area contributed by atoms with E-state index < -0.39 is 6.04 Å². The molecule has 1 aromatic heterocycles. The molecule has 0 fully saturated rings. The van der Waals surface area contributed by atoms with E-state index in [-0.39, 0.29) is 5.78 Å². The number of ketones is 1. The second kappa shape index (κ2) is 8.64. The van der Waals surface area contributed by atoms with Gasteiger partial charge in [0.15, 0.2) is 5.78 Å². The number of para-hydroxylation sites is 1. The lowest BCUT2D eigenvalue weighted by Gasteiger charge is -2.20. The third kappa shape index (κ3) is 4.07. The Hall–Kier alpha value is -4.24. The minimum atomic E-state index is -0.677. The first kappa shape index (κ1) is 20.0. The highest BCUT2D eigenvalue weighted by molar-refractivity contribution is 6.11. The molecular weight excluding hydrogens is 390 g/mol.